The van der Waals surface area contributed by atoms with Crippen LogP contribution in [0.2, 0.25) is 6.55 Å². The van der Waals surface area contributed by atoms with E-state index >= 15 is 0 Å². The SMILES string of the molecule is C[Si](Cl)(Cl)C(Cl)Cl. The summed E-state index contributed by atoms with van der Waals surface area (Å²) >= 11 is 21.7. The number of alkyl halides is 2. The second-order valence-electron chi connectivity index (χ2n) is 1.26. The highest BCUT2D eigenvalue weighted by molar-refractivity contribution is 7.48. The van der Waals surface area contributed by atoms with Crippen LogP contribution in [0, 0.1) is 0 Å². The summed E-state index contributed by atoms with van der Waals surface area (Å²) in [5.74, 6) is 0. The maximum absolute atomic E-state index is 5.51. The van der Waals surface area contributed by atoms with Crippen molar-refractivity contribution in [3.63, 3.8) is 0 Å². The van der Waals surface area contributed by atoms with Gasteiger partial charge in [0, 0.05) is 0 Å². The molecule has 0 bridgehead atoms. The largest absolute Gasteiger partial charge is 0.280 e. The van der Waals surface area contributed by atoms with Crippen molar-refractivity contribution in [2.75, 3.05) is 0 Å². The summed E-state index contributed by atoms with van der Waals surface area (Å²) in [6, 6.07) is 0. The predicted octanol–water partition coefficient (Wildman–Crippen LogP) is 2.88. The van der Waals surface area contributed by atoms with Crippen LogP contribution in [0.15, 0.2) is 0 Å². The van der Waals surface area contributed by atoms with E-state index in [1.165, 1.54) is 0 Å². The summed E-state index contributed by atoms with van der Waals surface area (Å²) in [6.07, 6.45) is 0. The van der Waals surface area contributed by atoms with Crippen LogP contribution in [0.4, 0.5) is 0 Å². The fourth-order valence-corrected chi connectivity index (χ4v) is 0. The fraction of sp³-hybridized carbons (Fsp3) is 1.00. The maximum atomic E-state index is 5.51. The number of rotatable bonds is 1. The lowest BCUT2D eigenvalue weighted by atomic mass is 11.8. The highest BCUT2D eigenvalue weighted by atomic mass is 35.7. The lowest BCUT2D eigenvalue weighted by Crippen LogP contribution is -2.22. The minimum absolute atomic E-state index is 0.587. The molecule has 7 heavy (non-hydrogen) atoms. The summed E-state index contributed by atoms with van der Waals surface area (Å²) in [6.45, 7) is -0.592. The molecule has 0 unspecified atom stereocenters. The quantitative estimate of drug-likeness (QED) is 0.345. The van der Waals surface area contributed by atoms with Crippen LogP contribution >= 0.6 is 45.4 Å². The van der Waals surface area contributed by atoms with Crippen molar-refractivity contribution in [2.24, 2.45) is 0 Å². The first-order valence-electron chi connectivity index (χ1n) is 1.60. The van der Waals surface area contributed by atoms with Gasteiger partial charge >= 0.3 is 0 Å². The Morgan fingerprint density at radius 3 is 1.43 bits per heavy atom. The Balaban J connectivity index is 3.54. The highest BCUT2D eigenvalue weighted by Crippen LogP contribution is 2.25. The first-order valence-corrected chi connectivity index (χ1v) is 7.08. The van der Waals surface area contributed by atoms with Gasteiger partial charge < -0.3 is 0 Å². The van der Waals surface area contributed by atoms with E-state index in [-0.39, 0.29) is 0 Å². The molecule has 0 heterocycles. The standard InChI is InChI=1S/C2H4Cl4Si/c1-7(5,6)2(3)4/h2H,1H3. The molecule has 0 aliphatic rings. The van der Waals surface area contributed by atoms with Gasteiger partial charge in [0.2, 0.25) is 0 Å². The third-order valence-corrected chi connectivity index (χ3v) is 6.42. The van der Waals surface area contributed by atoms with Crippen molar-refractivity contribution in [3.8, 4) is 0 Å². The highest BCUT2D eigenvalue weighted by Gasteiger charge is 2.29. The van der Waals surface area contributed by atoms with Crippen molar-refractivity contribution >= 4 is 52.1 Å². The van der Waals surface area contributed by atoms with E-state index in [1.807, 2.05) is 0 Å². The van der Waals surface area contributed by atoms with Gasteiger partial charge in [0.1, 0.15) is 4.46 Å². The smallest absolute Gasteiger partial charge is 0.143 e. The molecular weight excluding hydrogens is 194 g/mol. The van der Waals surface area contributed by atoms with Gasteiger partial charge in [-0.3, -0.25) is 0 Å². The molecule has 0 aliphatic heterocycles. The lowest BCUT2D eigenvalue weighted by molar-refractivity contribution is 1.81. The second-order valence-corrected chi connectivity index (χ2v) is 10.9. The van der Waals surface area contributed by atoms with Gasteiger partial charge in [-0.15, -0.1) is 45.4 Å². The third-order valence-electron chi connectivity index (χ3n) is 0.383. The van der Waals surface area contributed by atoms with Gasteiger partial charge in [0.25, 0.3) is 6.69 Å². The first-order chi connectivity index (χ1) is 2.94. The molecule has 0 radical (unpaired) electrons. The lowest BCUT2D eigenvalue weighted by Gasteiger charge is -2.08. The molecule has 44 valence electrons. The number of hydrogen-bond donors (Lipinski definition) is 0. The molecule has 0 spiro atoms. The molecule has 0 fully saturated rings. The second kappa shape index (κ2) is 2.79. The zero-order valence-corrected chi connectivity index (χ0v) is 7.61. The Labute approximate surface area is 63.1 Å². The van der Waals surface area contributed by atoms with E-state index in [2.05, 4.69) is 0 Å². The predicted molar refractivity (Wildman–Crippen MR) is 38.8 cm³/mol. The van der Waals surface area contributed by atoms with Crippen LogP contribution < -0.4 is 0 Å². The molecule has 0 nitrogen and oxygen atoms in total. The average molecular weight is 198 g/mol. The summed E-state index contributed by atoms with van der Waals surface area (Å²) in [4.78, 5) is 0. The molecule has 0 aliphatic carbocycles. The van der Waals surface area contributed by atoms with Crippen molar-refractivity contribution < 1.29 is 0 Å². The van der Waals surface area contributed by atoms with Crippen molar-refractivity contribution in [1.29, 1.82) is 0 Å². The van der Waals surface area contributed by atoms with Crippen LogP contribution in [0.25, 0.3) is 0 Å². The molecule has 5 heteroatoms. The summed E-state index contributed by atoms with van der Waals surface area (Å²) in [5.41, 5.74) is 0. The molecule has 0 aromatic carbocycles. The molecule has 0 N–H and O–H groups in total. The van der Waals surface area contributed by atoms with Crippen LogP contribution in [0.3, 0.4) is 0 Å². The number of halogens is 4. The fourth-order valence-electron chi connectivity index (χ4n) is 0. The molecule has 0 saturated heterocycles. The van der Waals surface area contributed by atoms with E-state index in [0.29, 0.717) is 0 Å². The van der Waals surface area contributed by atoms with E-state index in [9.17, 15) is 0 Å². The Bertz CT molecular complexity index is 55.2. The van der Waals surface area contributed by atoms with Gasteiger partial charge in [-0.25, -0.2) is 0 Å². The molecule has 0 rings (SSSR count). The third kappa shape index (κ3) is 3.92. The summed E-state index contributed by atoms with van der Waals surface area (Å²) < 4.78 is -0.587. The normalized spacial score (nSPS) is 12.9. The minimum atomic E-state index is -2.26. The zero-order valence-electron chi connectivity index (χ0n) is 3.59. The van der Waals surface area contributed by atoms with Crippen LogP contribution in [0.1, 0.15) is 0 Å². The molecule has 0 saturated carbocycles. The van der Waals surface area contributed by atoms with Gasteiger partial charge in [0.05, 0.1) is 0 Å². The van der Waals surface area contributed by atoms with Crippen LogP contribution in [0.5, 0.6) is 0 Å². The van der Waals surface area contributed by atoms with E-state index in [4.69, 9.17) is 45.4 Å². The minimum Gasteiger partial charge on any atom is -0.143 e. The van der Waals surface area contributed by atoms with Crippen molar-refractivity contribution in [3.05, 3.63) is 0 Å². The molecule has 0 aromatic rings. The molecule has 0 aromatic heterocycles. The van der Waals surface area contributed by atoms with Gasteiger partial charge in [-0.1, -0.05) is 0 Å². The maximum Gasteiger partial charge on any atom is 0.280 e. The zero-order chi connectivity index (χ0) is 6.08. The topological polar surface area (TPSA) is 0 Å². The average Bonchev–Trinajstić information content (AvgIpc) is 1.31. The van der Waals surface area contributed by atoms with Crippen molar-refractivity contribution in [1.82, 2.24) is 0 Å². The van der Waals surface area contributed by atoms with Gasteiger partial charge in [0.15, 0.2) is 0 Å². The summed E-state index contributed by atoms with van der Waals surface area (Å²) in [5, 5.41) is 0. The van der Waals surface area contributed by atoms with Gasteiger partial charge in [-0.05, 0) is 6.55 Å². The van der Waals surface area contributed by atoms with E-state index < -0.39 is 11.2 Å². The van der Waals surface area contributed by atoms with Crippen LogP contribution in [-0.2, 0) is 0 Å². The molecule has 0 atom stereocenters. The first kappa shape index (κ1) is 8.38. The van der Waals surface area contributed by atoms with Gasteiger partial charge in [-0.2, -0.15) is 0 Å². The Kier molecular flexibility index (Phi) is 3.33. The molecular formula is C2H4Cl4Si. The van der Waals surface area contributed by atoms with Crippen molar-refractivity contribution in [2.45, 2.75) is 11.0 Å². The van der Waals surface area contributed by atoms with Crippen LogP contribution in [-0.4, -0.2) is 11.2 Å². The molecule has 0 amide bonds. The van der Waals surface area contributed by atoms with E-state index in [0.717, 1.165) is 0 Å². The Morgan fingerprint density at radius 2 is 1.43 bits per heavy atom. The summed E-state index contributed by atoms with van der Waals surface area (Å²) in [7, 11) is 0. The Hall–Kier alpha value is 1.38. The van der Waals surface area contributed by atoms with E-state index in [1.54, 1.807) is 6.55 Å². The Morgan fingerprint density at radius 1 is 1.29 bits per heavy atom. The number of hydrogen-bond acceptors (Lipinski definition) is 0. The monoisotopic (exact) mass is 196 g/mol.